The first-order valence-corrected chi connectivity index (χ1v) is 9.14. The van der Waals surface area contributed by atoms with Gasteiger partial charge in [0.25, 0.3) is 5.72 Å². The Hall–Kier alpha value is -3.06. The third-order valence-corrected chi connectivity index (χ3v) is 5.05. The van der Waals surface area contributed by atoms with E-state index < -0.39 is 17.9 Å². The van der Waals surface area contributed by atoms with Crippen LogP contribution in [-0.4, -0.2) is 28.4 Å². The highest BCUT2D eigenvalue weighted by atomic mass is 19.4. The summed E-state index contributed by atoms with van der Waals surface area (Å²) in [6.07, 6.45) is -4.34. The van der Waals surface area contributed by atoms with Crippen LogP contribution in [0.15, 0.2) is 60.7 Å². The van der Waals surface area contributed by atoms with Crippen molar-refractivity contribution in [1.82, 2.24) is 4.57 Å². The second kappa shape index (κ2) is 6.77. The molecule has 1 aliphatic rings. The van der Waals surface area contributed by atoms with Gasteiger partial charge in [-0.25, -0.2) is 0 Å². The number of rotatable bonds is 4. The predicted octanol–water partition coefficient (Wildman–Crippen LogP) is 4.40. The summed E-state index contributed by atoms with van der Waals surface area (Å²) in [7, 11) is 0. The van der Waals surface area contributed by atoms with Crippen molar-refractivity contribution in [2.24, 2.45) is 0 Å². The quantitative estimate of drug-likeness (QED) is 0.660. The summed E-state index contributed by atoms with van der Waals surface area (Å²) in [6.45, 7) is 1.83. The minimum absolute atomic E-state index is 0.167. The molecule has 0 spiro atoms. The van der Waals surface area contributed by atoms with Gasteiger partial charge in [-0.1, -0.05) is 48.5 Å². The van der Waals surface area contributed by atoms with Crippen LogP contribution in [0.3, 0.4) is 0 Å². The minimum atomic E-state index is -4.96. The molecule has 1 unspecified atom stereocenters. The fourth-order valence-corrected chi connectivity index (χ4v) is 3.86. The van der Waals surface area contributed by atoms with Crippen LogP contribution in [0.25, 0.3) is 16.5 Å². The molecule has 0 saturated heterocycles. The first-order chi connectivity index (χ1) is 13.8. The third kappa shape index (κ3) is 2.93. The van der Waals surface area contributed by atoms with Crippen molar-refractivity contribution in [2.45, 2.75) is 25.2 Å². The molecule has 0 bridgehead atoms. The van der Waals surface area contributed by atoms with Gasteiger partial charge in [0.05, 0.1) is 24.2 Å². The molecule has 3 aromatic rings. The first kappa shape index (κ1) is 19.3. The maximum absolute atomic E-state index is 14.0. The number of aromatic nitrogens is 1. The van der Waals surface area contributed by atoms with E-state index in [1.165, 1.54) is 6.07 Å². The van der Waals surface area contributed by atoms with Crippen molar-refractivity contribution in [3.05, 3.63) is 77.5 Å². The topological polar surface area (TPSA) is 51.5 Å². The fourth-order valence-electron chi connectivity index (χ4n) is 3.86. The molecular formula is C22H18F3NO3. The zero-order chi connectivity index (χ0) is 20.8. The number of halogens is 3. The number of carbonyl (C=O) groups excluding carboxylic acids is 1. The SMILES string of the molecule is CCOC(=O)Cc1c2n(c3ccccc13)C(O)(C(F)(F)F)C=C2c1ccccc1. The Morgan fingerprint density at radius 3 is 2.41 bits per heavy atom. The van der Waals surface area contributed by atoms with Gasteiger partial charge in [-0.3, -0.25) is 4.79 Å². The van der Waals surface area contributed by atoms with Gasteiger partial charge in [0, 0.05) is 11.0 Å². The molecule has 1 aromatic heterocycles. The van der Waals surface area contributed by atoms with Crippen LogP contribution in [-0.2, 0) is 21.7 Å². The molecular weight excluding hydrogens is 383 g/mol. The molecule has 4 nitrogen and oxygen atoms in total. The number of esters is 1. The number of hydrogen-bond donors (Lipinski definition) is 1. The van der Waals surface area contributed by atoms with Gasteiger partial charge in [-0.15, -0.1) is 0 Å². The third-order valence-electron chi connectivity index (χ3n) is 5.05. The Kier molecular flexibility index (Phi) is 4.50. The average Bonchev–Trinajstić information content (AvgIpc) is 3.18. The molecule has 7 heteroatoms. The lowest BCUT2D eigenvalue weighted by atomic mass is 9.97. The highest BCUT2D eigenvalue weighted by Crippen LogP contribution is 2.50. The molecule has 1 N–H and O–H groups in total. The summed E-state index contributed by atoms with van der Waals surface area (Å²) in [5.74, 6) is -0.540. The van der Waals surface area contributed by atoms with E-state index in [9.17, 15) is 23.1 Å². The predicted molar refractivity (Wildman–Crippen MR) is 102 cm³/mol. The molecule has 2 aromatic carbocycles. The van der Waals surface area contributed by atoms with Crippen molar-refractivity contribution in [3.8, 4) is 0 Å². The molecule has 0 fully saturated rings. The van der Waals surface area contributed by atoms with Gasteiger partial charge < -0.3 is 14.4 Å². The van der Waals surface area contributed by atoms with Crippen molar-refractivity contribution < 1.29 is 27.8 Å². The molecule has 29 heavy (non-hydrogen) atoms. The van der Waals surface area contributed by atoms with Gasteiger partial charge >= 0.3 is 12.1 Å². The summed E-state index contributed by atoms with van der Waals surface area (Å²) in [5.41, 5.74) is -1.72. The molecule has 2 heterocycles. The maximum atomic E-state index is 14.0. The number of ether oxygens (including phenoxy) is 1. The van der Waals surface area contributed by atoms with Gasteiger partial charge in [0.1, 0.15) is 0 Å². The summed E-state index contributed by atoms with van der Waals surface area (Å²) < 4.78 is 48.0. The van der Waals surface area contributed by atoms with Crippen LogP contribution in [0.4, 0.5) is 13.2 Å². The summed E-state index contributed by atoms with van der Waals surface area (Å²) in [6, 6.07) is 14.9. The Balaban J connectivity index is 2.06. The van der Waals surface area contributed by atoms with E-state index in [1.807, 2.05) is 0 Å². The lowest BCUT2D eigenvalue weighted by Crippen LogP contribution is -2.44. The summed E-state index contributed by atoms with van der Waals surface area (Å²) in [4.78, 5) is 12.2. The molecule has 1 atom stereocenters. The fraction of sp³-hybridized carbons (Fsp3) is 0.227. The number of nitrogens with zero attached hydrogens (tertiary/aromatic N) is 1. The number of carbonyl (C=O) groups is 1. The van der Waals surface area contributed by atoms with Crippen molar-refractivity contribution in [1.29, 1.82) is 0 Å². The van der Waals surface area contributed by atoms with Crippen LogP contribution in [0.2, 0.25) is 0 Å². The highest BCUT2D eigenvalue weighted by Gasteiger charge is 2.58. The molecule has 1 aliphatic heterocycles. The Morgan fingerprint density at radius 2 is 1.76 bits per heavy atom. The molecule has 0 amide bonds. The maximum Gasteiger partial charge on any atom is 0.441 e. The minimum Gasteiger partial charge on any atom is -0.466 e. The van der Waals surface area contributed by atoms with Gasteiger partial charge in [0.2, 0.25) is 0 Å². The monoisotopic (exact) mass is 401 g/mol. The highest BCUT2D eigenvalue weighted by molar-refractivity contribution is 5.98. The molecule has 0 saturated carbocycles. The van der Waals surface area contributed by atoms with Crippen LogP contribution in [0.1, 0.15) is 23.7 Å². The zero-order valence-electron chi connectivity index (χ0n) is 15.5. The van der Waals surface area contributed by atoms with E-state index in [2.05, 4.69) is 0 Å². The van der Waals surface area contributed by atoms with Crippen LogP contribution in [0.5, 0.6) is 0 Å². The van der Waals surface area contributed by atoms with E-state index in [1.54, 1.807) is 55.5 Å². The van der Waals surface area contributed by atoms with Gasteiger partial charge in [-0.05, 0) is 30.2 Å². The number of hydrogen-bond acceptors (Lipinski definition) is 3. The van der Waals surface area contributed by atoms with E-state index in [0.29, 0.717) is 16.5 Å². The second-order valence-electron chi connectivity index (χ2n) is 6.81. The lowest BCUT2D eigenvalue weighted by Gasteiger charge is -2.27. The van der Waals surface area contributed by atoms with Crippen molar-refractivity contribution in [2.75, 3.05) is 6.61 Å². The number of fused-ring (bicyclic) bond motifs is 3. The molecule has 150 valence electrons. The second-order valence-corrected chi connectivity index (χ2v) is 6.81. The first-order valence-electron chi connectivity index (χ1n) is 9.14. The molecule has 4 rings (SSSR count). The largest absolute Gasteiger partial charge is 0.466 e. The van der Waals surface area contributed by atoms with Crippen molar-refractivity contribution in [3.63, 3.8) is 0 Å². The van der Waals surface area contributed by atoms with E-state index in [-0.39, 0.29) is 29.8 Å². The summed E-state index contributed by atoms with van der Waals surface area (Å²) in [5, 5.41) is 11.3. The number of aliphatic hydroxyl groups is 1. The van der Waals surface area contributed by atoms with Crippen LogP contribution < -0.4 is 0 Å². The summed E-state index contributed by atoms with van der Waals surface area (Å²) >= 11 is 0. The molecule has 0 radical (unpaired) electrons. The zero-order valence-corrected chi connectivity index (χ0v) is 15.5. The average molecular weight is 401 g/mol. The molecule has 0 aliphatic carbocycles. The van der Waals surface area contributed by atoms with E-state index >= 15 is 0 Å². The van der Waals surface area contributed by atoms with Gasteiger partial charge in [0.15, 0.2) is 0 Å². The standard InChI is InChI=1S/C22H18F3NO3/c1-2-29-19(27)12-16-15-10-6-7-11-18(15)26-20(16)17(14-8-4-3-5-9-14)13-21(26,28)22(23,24)25/h3-11,13,28H,2,12H2,1H3. The number of para-hydroxylation sites is 1. The van der Waals surface area contributed by atoms with E-state index in [0.717, 1.165) is 10.6 Å². The number of alkyl halides is 3. The van der Waals surface area contributed by atoms with Crippen LogP contribution in [0, 0.1) is 0 Å². The normalized spacial score (nSPS) is 18.6. The Morgan fingerprint density at radius 1 is 1.10 bits per heavy atom. The lowest BCUT2D eigenvalue weighted by molar-refractivity contribution is -0.272. The Labute approximate surface area is 164 Å². The Bertz CT molecular complexity index is 1120. The smallest absolute Gasteiger partial charge is 0.441 e. The number of benzene rings is 2. The van der Waals surface area contributed by atoms with Gasteiger partial charge in [-0.2, -0.15) is 13.2 Å². The van der Waals surface area contributed by atoms with Crippen LogP contribution >= 0.6 is 0 Å². The van der Waals surface area contributed by atoms with Crippen molar-refractivity contribution >= 4 is 22.4 Å². The van der Waals surface area contributed by atoms with E-state index in [4.69, 9.17) is 4.74 Å².